The molecule has 0 N–H and O–H groups in total. The SMILES string of the molecule is CC1(C)CC23C(C)(C)OC2(C)OC3(C)O1. The maximum atomic E-state index is 6.06. The molecule has 3 heterocycles. The van der Waals surface area contributed by atoms with Gasteiger partial charge in [0.15, 0.2) is 11.6 Å². The highest BCUT2D eigenvalue weighted by molar-refractivity contribution is 5.28. The monoisotopic (exact) mass is 212 g/mol. The molecule has 0 aromatic carbocycles. The van der Waals surface area contributed by atoms with Gasteiger partial charge in [-0.2, -0.15) is 0 Å². The predicted octanol–water partition coefficient (Wildman–Crippen LogP) is 2.44. The molecule has 3 fully saturated rings. The normalized spacial score (nSPS) is 58.8. The molecule has 3 rings (SSSR count). The van der Waals surface area contributed by atoms with Crippen LogP contribution >= 0.6 is 0 Å². The third kappa shape index (κ3) is 0.757. The van der Waals surface area contributed by atoms with Crippen molar-refractivity contribution in [2.45, 2.75) is 70.7 Å². The van der Waals surface area contributed by atoms with Gasteiger partial charge in [-0.15, -0.1) is 0 Å². The van der Waals surface area contributed by atoms with Crippen molar-refractivity contribution >= 4 is 0 Å². The van der Waals surface area contributed by atoms with Crippen LogP contribution in [0, 0.1) is 5.41 Å². The average molecular weight is 212 g/mol. The van der Waals surface area contributed by atoms with Crippen LogP contribution in [0.15, 0.2) is 0 Å². The fourth-order valence-electron chi connectivity index (χ4n) is 4.49. The third-order valence-electron chi connectivity index (χ3n) is 4.58. The van der Waals surface area contributed by atoms with Gasteiger partial charge >= 0.3 is 0 Å². The quantitative estimate of drug-likeness (QED) is 0.617. The fourth-order valence-corrected chi connectivity index (χ4v) is 4.49. The van der Waals surface area contributed by atoms with E-state index in [1.807, 2.05) is 13.8 Å². The average Bonchev–Trinajstić information content (AvgIpc) is 2.15. The highest BCUT2D eigenvalue weighted by atomic mass is 16.9. The summed E-state index contributed by atoms with van der Waals surface area (Å²) in [5, 5.41) is 0. The molecule has 0 radical (unpaired) electrons. The number of hydrogen-bond acceptors (Lipinski definition) is 3. The van der Waals surface area contributed by atoms with Crippen molar-refractivity contribution in [1.29, 1.82) is 0 Å². The Balaban J connectivity index is 2.09. The lowest BCUT2D eigenvalue weighted by Gasteiger charge is -2.77. The van der Waals surface area contributed by atoms with Crippen LogP contribution in [0.3, 0.4) is 0 Å². The minimum Gasteiger partial charge on any atom is -0.343 e. The first-order valence-corrected chi connectivity index (χ1v) is 5.68. The zero-order valence-electron chi connectivity index (χ0n) is 10.4. The predicted molar refractivity (Wildman–Crippen MR) is 55.3 cm³/mol. The molecule has 3 aliphatic heterocycles. The Hall–Kier alpha value is -0.120. The molecule has 3 nitrogen and oxygen atoms in total. The lowest BCUT2D eigenvalue weighted by Crippen LogP contribution is -2.89. The highest BCUT2D eigenvalue weighted by Gasteiger charge is 2.91. The standard InChI is InChI=1S/C12H20O3/c1-8(2)7-12-9(3,4)14-11(12,6)15-10(12,5)13-8/h7H2,1-6H3. The van der Waals surface area contributed by atoms with E-state index < -0.39 is 11.6 Å². The van der Waals surface area contributed by atoms with Gasteiger partial charge in [0.25, 0.3) is 0 Å². The summed E-state index contributed by atoms with van der Waals surface area (Å²) in [7, 11) is 0. The summed E-state index contributed by atoms with van der Waals surface area (Å²) >= 11 is 0. The van der Waals surface area contributed by atoms with Crippen molar-refractivity contribution in [3.05, 3.63) is 0 Å². The van der Waals surface area contributed by atoms with E-state index in [1.54, 1.807) is 0 Å². The first-order valence-electron chi connectivity index (χ1n) is 5.68. The Morgan fingerprint density at radius 1 is 0.733 bits per heavy atom. The maximum Gasteiger partial charge on any atom is 0.183 e. The van der Waals surface area contributed by atoms with E-state index in [2.05, 4.69) is 27.7 Å². The third-order valence-corrected chi connectivity index (χ3v) is 4.58. The van der Waals surface area contributed by atoms with Crippen LogP contribution in [-0.2, 0) is 14.2 Å². The van der Waals surface area contributed by atoms with Gasteiger partial charge in [-0.3, -0.25) is 0 Å². The Labute approximate surface area is 91.1 Å². The zero-order chi connectivity index (χ0) is 11.3. The second-order valence-electron chi connectivity index (χ2n) is 6.55. The van der Waals surface area contributed by atoms with Gasteiger partial charge in [-0.1, -0.05) is 0 Å². The Morgan fingerprint density at radius 3 is 1.60 bits per heavy atom. The minimum atomic E-state index is -0.465. The van der Waals surface area contributed by atoms with Crippen molar-refractivity contribution in [3.8, 4) is 0 Å². The van der Waals surface area contributed by atoms with Gasteiger partial charge in [0, 0.05) is 0 Å². The zero-order valence-corrected chi connectivity index (χ0v) is 10.4. The molecular weight excluding hydrogens is 192 g/mol. The van der Waals surface area contributed by atoms with Crippen molar-refractivity contribution in [2.24, 2.45) is 5.41 Å². The molecule has 0 bridgehead atoms. The summed E-state index contributed by atoms with van der Waals surface area (Å²) in [5.41, 5.74) is -0.257. The van der Waals surface area contributed by atoms with Crippen LogP contribution in [0.2, 0.25) is 0 Å². The number of rotatable bonds is 0. The molecule has 3 unspecified atom stereocenters. The first-order chi connectivity index (χ1) is 6.58. The largest absolute Gasteiger partial charge is 0.343 e. The van der Waals surface area contributed by atoms with Crippen molar-refractivity contribution in [3.63, 3.8) is 0 Å². The van der Waals surface area contributed by atoms with Crippen LogP contribution in [0.1, 0.15) is 48.0 Å². The van der Waals surface area contributed by atoms with Gasteiger partial charge < -0.3 is 14.2 Å². The van der Waals surface area contributed by atoms with Crippen LogP contribution in [0.25, 0.3) is 0 Å². The summed E-state index contributed by atoms with van der Waals surface area (Å²) in [4.78, 5) is 0. The number of ether oxygens (including phenoxy) is 3. The van der Waals surface area contributed by atoms with Gasteiger partial charge in [0.1, 0.15) is 5.41 Å². The van der Waals surface area contributed by atoms with Crippen molar-refractivity contribution in [1.82, 2.24) is 0 Å². The van der Waals surface area contributed by atoms with Crippen molar-refractivity contribution in [2.75, 3.05) is 0 Å². The molecule has 0 aromatic rings. The van der Waals surface area contributed by atoms with Gasteiger partial charge in [0.05, 0.1) is 11.2 Å². The van der Waals surface area contributed by atoms with Crippen molar-refractivity contribution < 1.29 is 14.2 Å². The Bertz CT molecular complexity index is 337. The summed E-state index contributed by atoms with van der Waals surface area (Å²) < 4.78 is 17.8. The van der Waals surface area contributed by atoms with Crippen LogP contribution in [-0.4, -0.2) is 22.8 Å². The summed E-state index contributed by atoms with van der Waals surface area (Å²) in [6.45, 7) is 12.6. The summed E-state index contributed by atoms with van der Waals surface area (Å²) in [5.74, 6) is -0.897. The van der Waals surface area contributed by atoms with Gasteiger partial charge in [0.2, 0.25) is 0 Å². The molecule has 3 saturated heterocycles. The second kappa shape index (κ2) is 2.01. The highest BCUT2D eigenvalue weighted by Crippen LogP contribution is 2.78. The summed E-state index contributed by atoms with van der Waals surface area (Å²) in [6.07, 6.45) is 1.00. The minimum absolute atomic E-state index is 0.0104. The Kier molecular flexibility index (Phi) is 1.35. The molecule has 1 spiro atoms. The molecule has 3 heteroatoms. The van der Waals surface area contributed by atoms with Gasteiger partial charge in [-0.25, -0.2) is 0 Å². The summed E-state index contributed by atoms with van der Waals surface area (Å²) in [6, 6.07) is 0. The molecule has 3 aliphatic rings. The molecule has 0 amide bonds. The van der Waals surface area contributed by atoms with E-state index in [9.17, 15) is 0 Å². The van der Waals surface area contributed by atoms with E-state index in [1.165, 1.54) is 0 Å². The van der Waals surface area contributed by atoms with E-state index in [4.69, 9.17) is 14.2 Å². The first kappa shape index (κ1) is 10.1. The molecular formula is C12H20O3. The topological polar surface area (TPSA) is 27.7 Å². The molecule has 0 aliphatic carbocycles. The van der Waals surface area contributed by atoms with Crippen LogP contribution in [0.4, 0.5) is 0 Å². The molecule has 0 aromatic heterocycles. The van der Waals surface area contributed by atoms with Crippen LogP contribution < -0.4 is 0 Å². The molecule has 15 heavy (non-hydrogen) atoms. The maximum absolute atomic E-state index is 6.06. The lowest BCUT2D eigenvalue weighted by molar-refractivity contribution is -0.614. The lowest BCUT2D eigenvalue weighted by atomic mass is 9.52. The van der Waals surface area contributed by atoms with Crippen LogP contribution in [0.5, 0.6) is 0 Å². The van der Waals surface area contributed by atoms with E-state index in [0.717, 1.165) is 6.42 Å². The van der Waals surface area contributed by atoms with Gasteiger partial charge in [-0.05, 0) is 48.0 Å². The molecule has 3 atom stereocenters. The van der Waals surface area contributed by atoms with E-state index in [0.29, 0.717) is 0 Å². The van der Waals surface area contributed by atoms with E-state index >= 15 is 0 Å². The molecule has 0 saturated carbocycles. The smallest absolute Gasteiger partial charge is 0.183 e. The fraction of sp³-hybridized carbons (Fsp3) is 1.00. The molecule has 86 valence electrons. The second-order valence-corrected chi connectivity index (χ2v) is 6.55. The van der Waals surface area contributed by atoms with E-state index in [-0.39, 0.29) is 16.6 Å². The Morgan fingerprint density at radius 2 is 1.27 bits per heavy atom. The number of hydrogen-bond donors (Lipinski definition) is 0.